The summed E-state index contributed by atoms with van der Waals surface area (Å²) in [6.07, 6.45) is 3.06. The van der Waals surface area contributed by atoms with Gasteiger partial charge in [-0.25, -0.2) is 0 Å². The Morgan fingerprint density at radius 3 is 2.00 bits per heavy atom. The summed E-state index contributed by atoms with van der Waals surface area (Å²) in [5.74, 6) is 0. The fourth-order valence-electron chi connectivity index (χ4n) is 0.353. The number of rotatable bonds is 2. The van der Waals surface area contributed by atoms with Crippen molar-refractivity contribution in [2.75, 3.05) is 6.61 Å². The van der Waals surface area contributed by atoms with E-state index >= 15 is 0 Å². The van der Waals surface area contributed by atoms with Crippen molar-refractivity contribution in [2.24, 2.45) is 0 Å². The van der Waals surface area contributed by atoms with Crippen LogP contribution in [0.5, 0.6) is 0 Å². The monoisotopic (exact) mass is 144 g/mol. The minimum absolute atomic E-state index is 0.250. The van der Waals surface area contributed by atoms with Gasteiger partial charge in [-0.05, 0) is 20.3 Å². The van der Waals surface area contributed by atoms with Crippen molar-refractivity contribution in [3.8, 4) is 0 Å². The lowest BCUT2D eigenvalue weighted by molar-refractivity contribution is -0.191. The second-order valence-electron chi connectivity index (χ2n) is 1.88. The zero-order chi connectivity index (χ0) is 8.41. The van der Waals surface area contributed by atoms with E-state index in [1.54, 1.807) is 0 Å². The molecule has 0 aliphatic heterocycles. The molecule has 0 aliphatic carbocycles. The number of carbonyl (C=O) groups excluding carboxylic acids is 2. The molecule has 58 valence electrons. The SMILES string of the molecule is CC(C)=CCCO.O=C=O. The highest BCUT2D eigenvalue weighted by molar-refractivity contribution is 5.20. The Kier molecular flexibility index (Phi) is 13.0. The van der Waals surface area contributed by atoms with Gasteiger partial charge in [0.25, 0.3) is 0 Å². The van der Waals surface area contributed by atoms with Crippen molar-refractivity contribution in [1.82, 2.24) is 0 Å². The van der Waals surface area contributed by atoms with E-state index in [1.807, 2.05) is 19.9 Å². The average Bonchev–Trinajstić information content (AvgIpc) is 1.85. The van der Waals surface area contributed by atoms with Crippen LogP contribution in [0.3, 0.4) is 0 Å². The molecule has 0 atom stereocenters. The highest BCUT2D eigenvalue weighted by Crippen LogP contribution is 1.89. The van der Waals surface area contributed by atoms with Crippen LogP contribution in [0, 0.1) is 0 Å². The first-order valence-corrected chi connectivity index (χ1v) is 2.92. The fraction of sp³-hybridized carbons (Fsp3) is 0.571. The summed E-state index contributed by atoms with van der Waals surface area (Å²) in [6, 6.07) is 0. The summed E-state index contributed by atoms with van der Waals surface area (Å²) >= 11 is 0. The summed E-state index contributed by atoms with van der Waals surface area (Å²) < 4.78 is 0. The predicted molar refractivity (Wildman–Crippen MR) is 36.1 cm³/mol. The molecule has 0 saturated heterocycles. The third-order valence-electron chi connectivity index (χ3n) is 0.682. The maximum Gasteiger partial charge on any atom is 0.373 e. The van der Waals surface area contributed by atoms with Gasteiger partial charge in [0.05, 0.1) is 0 Å². The molecule has 0 aromatic carbocycles. The molecular formula is C7H12O3. The van der Waals surface area contributed by atoms with E-state index in [0.29, 0.717) is 0 Å². The van der Waals surface area contributed by atoms with Crippen LogP contribution in [0.1, 0.15) is 20.3 Å². The van der Waals surface area contributed by atoms with Gasteiger partial charge in [0, 0.05) is 6.61 Å². The Hall–Kier alpha value is -0.920. The summed E-state index contributed by atoms with van der Waals surface area (Å²) in [6.45, 7) is 4.32. The zero-order valence-electron chi connectivity index (χ0n) is 6.26. The summed E-state index contributed by atoms with van der Waals surface area (Å²) in [7, 11) is 0. The van der Waals surface area contributed by atoms with Crippen LogP contribution < -0.4 is 0 Å². The van der Waals surface area contributed by atoms with Crippen LogP contribution in [0.15, 0.2) is 11.6 Å². The first-order chi connectivity index (χ1) is 4.68. The molecule has 0 aliphatic rings. The minimum Gasteiger partial charge on any atom is -0.396 e. The van der Waals surface area contributed by atoms with Gasteiger partial charge in [0.1, 0.15) is 0 Å². The molecular weight excluding hydrogens is 132 g/mol. The van der Waals surface area contributed by atoms with Gasteiger partial charge in [0.2, 0.25) is 0 Å². The lowest BCUT2D eigenvalue weighted by Gasteiger charge is -1.84. The van der Waals surface area contributed by atoms with Crippen LogP contribution in [0.25, 0.3) is 0 Å². The van der Waals surface area contributed by atoms with Crippen molar-refractivity contribution >= 4 is 6.15 Å². The Balaban J connectivity index is 0. The second-order valence-corrected chi connectivity index (χ2v) is 1.88. The molecule has 0 unspecified atom stereocenters. The highest BCUT2D eigenvalue weighted by atomic mass is 16.3. The molecule has 3 heteroatoms. The number of hydrogen-bond donors (Lipinski definition) is 1. The number of allylic oxidation sites excluding steroid dienone is 1. The first-order valence-electron chi connectivity index (χ1n) is 2.92. The Labute approximate surface area is 60.4 Å². The molecule has 0 heterocycles. The number of hydrogen-bond acceptors (Lipinski definition) is 3. The Morgan fingerprint density at radius 1 is 1.50 bits per heavy atom. The number of aliphatic hydroxyl groups is 1. The summed E-state index contributed by atoms with van der Waals surface area (Å²) in [5.41, 5.74) is 1.27. The molecule has 1 N–H and O–H groups in total. The van der Waals surface area contributed by atoms with E-state index in [2.05, 4.69) is 0 Å². The largest absolute Gasteiger partial charge is 0.396 e. The van der Waals surface area contributed by atoms with Crippen molar-refractivity contribution in [3.05, 3.63) is 11.6 Å². The zero-order valence-corrected chi connectivity index (χ0v) is 6.26. The molecule has 0 bridgehead atoms. The average molecular weight is 144 g/mol. The van der Waals surface area contributed by atoms with E-state index in [0.717, 1.165) is 6.42 Å². The van der Waals surface area contributed by atoms with Gasteiger partial charge in [0.15, 0.2) is 0 Å². The Morgan fingerprint density at radius 2 is 1.90 bits per heavy atom. The lowest BCUT2D eigenvalue weighted by atomic mass is 10.3. The maximum atomic E-state index is 8.27. The van der Waals surface area contributed by atoms with E-state index in [4.69, 9.17) is 14.7 Å². The van der Waals surface area contributed by atoms with E-state index < -0.39 is 0 Å². The molecule has 3 nitrogen and oxygen atoms in total. The quantitative estimate of drug-likeness (QED) is 0.582. The van der Waals surface area contributed by atoms with Gasteiger partial charge in [-0.1, -0.05) is 11.6 Å². The third kappa shape index (κ3) is 27.6. The van der Waals surface area contributed by atoms with E-state index in [1.165, 1.54) is 5.57 Å². The van der Waals surface area contributed by atoms with Gasteiger partial charge in [-0.3, -0.25) is 0 Å². The molecule has 0 aromatic rings. The van der Waals surface area contributed by atoms with Crippen molar-refractivity contribution in [1.29, 1.82) is 0 Å². The fourth-order valence-corrected chi connectivity index (χ4v) is 0.353. The second kappa shape index (κ2) is 11.0. The van der Waals surface area contributed by atoms with Crippen LogP contribution in [0.4, 0.5) is 0 Å². The van der Waals surface area contributed by atoms with Gasteiger partial charge >= 0.3 is 6.15 Å². The summed E-state index contributed by atoms with van der Waals surface area (Å²) in [5, 5.41) is 8.27. The van der Waals surface area contributed by atoms with Crippen LogP contribution in [-0.4, -0.2) is 17.9 Å². The normalized spacial score (nSPS) is 6.70. The first kappa shape index (κ1) is 11.8. The van der Waals surface area contributed by atoms with E-state index in [-0.39, 0.29) is 12.8 Å². The van der Waals surface area contributed by atoms with Crippen LogP contribution in [0.2, 0.25) is 0 Å². The molecule has 0 aromatic heterocycles. The van der Waals surface area contributed by atoms with E-state index in [9.17, 15) is 0 Å². The smallest absolute Gasteiger partial charge is 0.373 e. The van der Waals surface area contributed by atoms with Crippen LogP contribution >= 0.6 is 0 Å². The Bertz CT molecular complexity index is 117. The maximum absolute atomic E-state index is 8.27. The molecule has 0 spiro atoms. The minimum atomic E-state index is 0.250. The molecule has 0 saturated carbocycles. The van der Waals surface area contributed by atoms with Gasteiger partial charge in [-0.15, -0.1) is 0 Å². The van der Waals surface area contributed by atoms with Crippen molar-refractivity contribution in [3.63, 3.8) is 0 Å². The van der Waals surface area contributed by atoms with Gasteiger partial charge in [-0.2, -0.15) is 9.59 Å². The molecule has 0 amide bonds. The molecule has 0 fully saturated rings. The molecule has 0 rings (SSSR count). The molecule has 10 heavy (non-hydrogen) atoms. The van der Waals surface area contributed by atoms with Crippen molar-refractivity contribution < 1.29 is 14.7 Å². The topological polar surface area (TPSA) is 54.4 Å². The summed E-state index contributed by atoms with van der Waals surface area (Å²) in [4.78, 5) is 16.2. The third-order valence-corrected chi connectivity index (χ3v) is 0.682. The number of aliphatic hydroxyl groups excluding tert-OH is 1. The highest BCUT2D eigenvalue weighted by Gasteiger charge is 1.74. The predicted octanol–water partition coefficient (Wildman–Crippen LogP) is 0.752. The molecule has 0 radical (unpaired) electrons. The van der Waals surface area contributed by atoms with Crippen molar-refractivity contribution in [2.45, 2.75) is 20.3 Å². The standard InChI is InChI=1S/C6H12O.CO2/c1-6(2)4-3-5-7;2-1-3/h4,7H,3,5H2,1-2H3;. The lowest BCUT2D eigenvalue weighted by Crippen LogP contribution is -1.76. The van der Waals surface area contributed by atoms with Gasteiger partial charge < -0.3 is 5.11 Å². The van der Waals surface area contributed by atoms with Crippen LogP contribution in [-0.2, 0) is 9.59 Å².